The Balaban J connectivity index is 1.82. The zero-order valence-corrected chi connectivity index (χ0v) is 13.8. The first kappa shape index (κ1) is 14.9. The molecule has 0 aliphatic rings. The van der Waals surface area contributed by atoms with Gasteiger partial charge >= 0.3 is 0 Å². The number of anilines is 2. The van der Waals surface area contributed by atoms with Gasteiger partial charge < -0.3 is 10.1 Å². The van der Waals surface area contributed by atoms with E-state index in [0.29, 0.717) is 0 Å². The molecule has 112 valence electrons. The Hall–Kier alpha value is -2.04. The summed E-state index contributed by atoms with van der Waals surface area (Å²) in [6.45, 7) is 1.99. The van der Waals surface area contributed by atoms with E-state index in [0.717, 1.165) is 38.4 Å². The smallest absolute Gasteiger partial charge is 0.187 e. The van der Waals surface area contributed by atoms with E-state index >= 15 is 0 Å². The average molecular weight is 331 g/mol. The molecule has 0 unspecified atom stereocenters. The molecule has 0 aliphatic heterocycles. The van der Waals surface area contributed by atoms with Crippen molar-refractivity contribution in [1.29, 1.82) is 0 Å². The highest BCUT2D eigenvalue weighted by Gasteiger charge is 2.07. The van der Waals surface area contributed by atoms with Crippen molar-refractivity contribution in [3.8, 4) is 17.0 Å². The summed E-state index contributed by atoms with van der Waals surface area (Å²) in [6, 6.07) is 13.7. The number of rotatable bonds is 4. The fraction of sp³-hybridized carbons (Fsp3) is 0.118. The van der Waals surface area contributed by atoms with Gasteiger partial charge in [0.05, 0.1) is 12.8 Å². The lowest BCUT2D eigenvalue weighted by atomic mass is 10.2. The molecular weight excluding hydrogens is 316 g/mol. The predicted molar refractivity (Wildman–Crippen MR) is 93.6 cm³/mol. The van der Waals surface area contributed by atoms with Crippen LogP contribution in [-0.2, 0) is 0 Å². The van der Waals surface area contributed by atoms with E-state index in [4.69, 9.17) is 16.3 Å². The van der Waals surface area contributed by atoms with Gasteiger partial charge in [0, 0.05) is 21.7 Å². The van der Waals surface area contributed by atoms with Crippen molar-refractivity contribution in [3.63, 3.8) is 0 Å². The van der Waals surface area contributed by atoms with Crippen LogP contribution in [0.4, 0.5) is 10.8 Å². The number of nitrogens with one attached hydrogen (secondary N) is 1. The first-order valence-corrected chi connectivity index (χ1v) is 8.05. The molecule has 0 aliphatic carbocycles. The van der Waals surface area contributed by atoms with Gasteiger partial charge in [0.25, 0.3) is 0 Å². The third-order valence-corrected chi connectivity index (χ3v) is 4.57. The summed E-state index contributed by atoms with van der Waals surface area (Å²) < 4.78 is 5.17. The van der Waals surface area contributed by atoms with Crippen molar-refractivity contribution in [2.24, 2.45) is 0 Å². The standard InChI is InChI=1S/C17H15ClN2OS/c1-11-14(18)4-3-5-15(11)19-17-20-16(10-22-17)12-6-8-13(21-2)9-7-12/h3-10H,1-2H3,(H,19,20). The van der Waals surface area contributed by atoms with Crippen LogP contribution in [-0.4, -0.2) is 12.1 Å². The van der Waals surface area contributed by atoms with Crippen molar-refractivity contribution >= 4 is 33.8 Å². The largest absolute Gasteiger partial charge is 0.497 e. The summed E-state index contributed by atoms with van der Waals surface area (Å²) in [5.41, 5.74) is 4.00. The minimum absolute atomic E-state index is 0.747. The lowest BCUT2D eigenvalue weighted by Gasteiger charge is -2.07. The van der Waals surface area contributed by atoms with E-state index in [1.807, 2.05) is 54.8 Å². The number of hydrogen-bond acceptors (Lipinski definition) is 4. The highest BCUT2D eigenvalue weighted by molar-refractivity contribution is 7.14. The molecule has 5 heteroatoms. The Morgan fingerprint density at radius 2 is 1.91 bits per heavy atom. The maximum absolute atomic E-state index is 6.14. The summed E-state index contributed by atoms with van der Waals surface area (Å²) in [4.78, 5) is 4.63. The Morgan fingerprint density at radius 1 is 1.14 bits per heavy atom. The third kappa shape index (κ3) is 3.08. The predicted octanol–water partition coefficient (Wildman–Crippen LogP) is 5.52. The highest BCUT2D eigenvalue weighted by Crippen LogP contribution is 2.30. The van der Waals surface area contributed by atoms with Gasteiger partial charge in [0.1, 0.15) is 5.75 Å². The molecule has 1 aromatic heterocycles. The number of aromatic nitrogens is 1. The number of halogens is 1. The summed E-state index contributed by atoms with van der Waals surface area (Å²) in [5, 5.41) is 6.95. The Bertz CT molecular complexity index is 784. The van der Waals surface area contributed by atoms with Gasteiger partial charge in [-0.15, -0.1) is 11.3 Å². The molecule has 0 bridgehead atoms. The maximum atomic E-state index is 6.14. The van der Waals surface area contributed by atoms with Crippen molar-refractivity contribution in [2.75, 3.05) is 12.4 Å². The molecule has 0 fully saturated rings. The molecular formula is C17H15ClN2OS. The normalized spacial score (nSPS) is 10.5. The Kier molecular flexibility index (Phi) is 4.32. The maximum Gasteiger partial charge on any atom is 0.187 e. The van der Waals surface area contributed by atoms with Gasteiger partial charge in [0.15, 0.2) is 5.13 Å². The van der Waals surface area contributed by atoms with Crippen molar-refractivity contribution < 1.29 is 4.74 Å². The summed E-state index contributed by atoms with van der Waals surface area (Å²) >= 11 is 7.71. The van der Waals surface area contributed by atoms with Crippen LogP contribution in [0, 0.1) is 6.92 Å². The number of ether oxygens (including phenoxy) is 1. The van der Waals surface area contributed by atoms with Crippen molar-refractivity contribution in [2.45, 2.75) is 6.92 Å². The average Bonchev–Trinajstić information content (AvgIpc) is 3.00. The molecule has 22 heavy (non-hydrogen) atoms. The molecule has 0 saturated carbocycles. The van der Waals surface area contributed by atoms with Crippen LogP contribution in [0.25, 0.3) is 11.3 Å². The summed E-state index contributed by atoms with van der Waals surface area (Å²) in [7, 11) is 1.66. The highest BCUT2D eigenvalue weighted by atomic mass is 35.5. The van der Waals surface area contributed by atoms with Crippen molar-refractivity contribution in [1.82, 2.24) is 4.98 Å². The zero-order valence-electron chi connectivity index (χ0n) is 12.3. The van der Waals surface area contributed by atoms with Gasteiger partial charge in [-0.25, -0.2) is 4.98 Å². The Morgan fingerprint density at radius 3 is 2.64 bits per heavy atom. The van der Waals surface area contributed by atoms with Gasteiger partial charge in [-0.2, -0.15) is 0 Å². The second kappa shape index (κ2) is 6.38. The van der Waals surface area contributed by atoms with E-state index in [-0.39, 0.29) is 0 Å². The number of methoxy groups -OCH3 is 1. The molecule has 2 aromatic carbocycles. The van der Waals surface area contributed by atoms with Crippen LogP contribution in [0.5, 0.6) is 5.75 Å². The van der Waals surface area contributed by atoms with Crippen LogP contribution in [0.3, 0.4) is 0 Å². The van der Waals surface area contributed by atoms with Crippen LogP contribution >= 0.6 is 22.9 Å². The number of benzene rings is 2. The second-order valence-electron chi connectivity index (χ2n) is 4.80. The van der Waals surface area contributed by atoms with E-state index < -0.39 is 0 Å². The molecule has 0 spiro atoms. The van der Waals surface area contributed by atoms with E-state index in [1.165, 1.54) is 0 Å². The SMILES string of the molecule is COc1ccc(-c2csc(Nc3cccc(Cl)c3C)n2)cc1. The van der Waals surface area contributed by atoms with Crippen molar-refractivity contribution in [3.05, 3.63) is 58.4 Å². The number of thiazole rings is 1. The summed E-state index contributed by atoms with van der Waals surface area (Å²) in [5.74, 6) is 0.840. The fourth-order valence-corrected chi connectivity index (χ4v) is 2.99. The monoisotopic (exact) mass is 330 g/mol. The lowest BCUT2D eigenvalue weighted by Crippen LogP contribution is -1.93. The van der Waals surface area contributed by atoms with E-state index in [1.54, 1.807) is 18.4 Å². The van der Waals surface area contributed by atoms with Gasteiger partial charge in [-0.3, -0.25) is 0 Å². The van der Waals surface area contributed by atoms with Crippen LogP contribution in [0.15, 0.2) is 47.8 Å². The van der Waals surface area contributed by atoms with E-state index in [9.17, 15) is 0 Å². The molecule has 3 rings (SSSR count). The fourth-order valence-electron chi connectivity index (χ4n) is 2.08. The molecule has 1 heterocycles. The minimum atomic E-state index is 0.747. The quantitative estimate of drug-likeness (QED) is 0.683. The lowest BCUT2D eigenvalue weighted by molar-refractivity contribution is 0.415. The summed E-state index contributed by atoms with van der Waals surface area (Å²) in [6.07, 6.45) is 0. The molecule has 0 saturated heterocycles. The molecule has 0 radical (unpaired) electrons. The van der Waals surface area contributed by atoms with E-state index in [2.05, 4.69) is 10.3 Å². The molecule has 1 N–H and O–H groups in total. The first-order chi connectivity index (χ1) is 10.7. The number of nitrogens with zero attached hydrogens (tertiary/aromatic N) is 1. The van der Waals surface area contributed by atoms with Gasteiger partial charge in [-0.1, -0.05) is 17.7 Å². The van der Waals surface area contributed by atoms with Crippen LogP contribution < -0.4 is 10.1 Å². The van der Waals surface area contributed by atoms with Crippen LogP contribution in [0.1, 0.15) is 5.56 Å². The van der Waals surface area contributed by atoms with Gasteiger partial charge in [0.2, 0.25) is 0 Å². The van der Waals surface area contributed by atoms with Crippen LogP contribution in [0.2, 0.25) is 5.02 Å². The minimum Gasteiger partial charge on any atom is -0.497 e. The topological polar surface area (TPSA) is 34.1 Å². The molecule has 3 nitrogen and oxygen atoms in total. The molecule has 0 amide bonds. The molecule has 3 aromatic rings. The number of hydrogen-bond donors (Lipinski definition) is 1. The van der Waals surface area contributed by atoms with Gasteiger partial charge in [-0.05, 0) is 48.9 Å². The second-order valence-corrected chi connectivity index (χ2v) is 6.07. The zero-order chi connectivity index (χ0) is 15.5. The molecule has 0 atom stereocenters. The first-order valence-electron chi connectivity index (χ1n) is 6.79. The Labute approximate surface area is 138 Å². The third-order valence-electron chi connectivity index (χ3n) is 3.40.